The van der Waals surface area contributed by atoms with Crippen LogP contribution >= 0.6 is 0 Å². The number of aromatic nitrogens is 2. The lowest BCUT2D eigenvalue weighted by atomic mass is 10.2. The lowest BCUT2D eigenvalue weighted by molar-refractivity contribution is -0.00401. The molecule has 0 radical (unpaired) electrons. The molecule has 4 aliphatic rings. The Morgan fingerprint density at radius 1 is 1.14 bits per heavy atom. The second-order valence-corrected chi connectivity index (χ2v) is 9.66. The Labute approximate surface area is 201 Å². The fourth-order valence-corrected chi connectivity index (χ4v) is 4.36. The van der Waals surface area contributed by atoms with Gasteiger partial charge in [0.05, 0.1) is 6.54 Å². The number of carbonyl (C=O) groups is 2. The number of fused-ring (bicyclic) bond motifs is 1. The number of amides is 2. The normalized spacial score (nSPS) is 21.3. The summed E-state index contributed by atoms with van der Waals surface area (Å²) in [6.45, 7) is 0.652. The summed E-state index contributed by atoms with van der Waals surface area (Å²) in [6, 6.07) is 5.51. The van der Waals surface area contributed by atoms with Crippen LogP contribution in [-0.4, -0.2) is 68.4 Å². The Kier molecular flexibility index (Phi) is 5.37. The Bertz CT molecular complexity index is 1210. The standard InChI is InChI=1S/C25H26FN5O4/c26-16-5-11-19(12-6-16)35-25(34)29(14-15-3-4-15)13-1-2-20-27-21-22(28-20)30(17-7-8-17)24(33)31(23(21)32)18-9-10-18/h5-6,11-12,15,17-18,24,33H,3-4,7-10,13-14H2,(H,27,28). The number of rotatable bonds is 6. The molecule has 9 nitrogen and oxygen atoms in total. The number of halogens is 1. The molecule has 0 spiro atoms. The van der Waals surface area contributed by atoms with E-state index in [1.165, 1.54) is 29.2 Å². The lowest BCUT2D eigenvalue weighted by Crippen LogP contribution is -2.57. The monoisotopic (exact) mass is 479 g/mol. The van der Waals surface area contributed by atoms with Gasteiger partial charge < -0.3 is 19.7 Å². The molecule has 182 valence electrons. The summed E-state index contributed by atoms with van der Waals surface area (Å²) in [6.07, 6.45) is 4.23. The van der Waals surface area contributed by atoms with E-state index in [0.717, 1.165) is 38.5 Å². The van der Waals surface area contributed by atoms with E-state index in [4.69, 9.17) is 4.74 Å². The number of ether oxygens (including phenoxy) is 1. The minimum absolute atomic E-state index is 0.0628. The number of hydrogen-bond acceptors (Lipinski definition) is 6. The summed E-state index contributed by atoms with van der Waals surface area (Å²) in [5.41, 5.74) is 0.351. The Morgan fingerprint density at radius 2 is 1.83 bits per heavy atom. The van der Waals surface area contributed by atoms with Crippen molar-refractivity contribution in [2.24, 2.45) is 5.92 Å². The van der Waals surface area contributed by atoms with Gasteiger partial charge in [0, 0.05) is 18.6 Å². The lowest BCUT2D eigenvalue weighted by Gasteiger charge is -2.40. The van der Waals surface area contributed by atoms with Gasteiger partial charge in [0.1, 0.15) is 17.3 Å². The number of hydrogen-bond donors (Lipinski definition) is 2. The molecule has 3 fully saturated rings. The molecule has 1 aliphatic heterocycles. The molecular formula is C25H26FN5O4. The van der Waals surface area contributed by atoms with Crippen molar-refractivity contribution >= 4 is 17.8 Å². The summed E-state index contributed by atoms with van der Waals surface area (Å²) in [5, 5.41) is 10.9. The van der Waals surface area contributed by atoms with Crippen molar-refractivity contribution in [2.45, 2.75) is 57.0 Å². The van der Waals surface area contributed by atoms with E-state index in [0.29, 0.717) is 29.8 Å². The smallest absolute Gasteiger partial charge is 0.410 e. The fourth-order valence-electron chi connectivity index (χ4n) is 4.36. The van der Waals surface area contributed by atoms with Crippen molar-refractivity contribution in [3.63, 3.8) is 0 Å². The summed E-state index contributed by atoms with van der Waals surface area (Å²) in [4.78, 5) is 38.2. The molecule has 1 atom stereocenters. The minimum Gasteiger partial charge on any atom is -0.410 e. The molecule has 6 rings (SSSR count). The molecule has 3 aliphatic carbocycles. The first kappa shape index (κ1) is 21.9. The van der Waals surface area contributed by atoms with Crippen LogP contribution in [0.2, 0.25) is 0 Å². The number of aromatic amines is 1. The molecule has 10 heteroatoms. The number of H-pyrrole nitrogens is 1. The maximum Gasteiger partial charge on any atom is 0.416 e. The van der Waals surface area contributed by atoms with Gasteiger partial charge in [-0.25, -0.2) is 14.2 Å². The molecule has 2 heterocycles. The van der Waals surface area contributed by atoms with Crippen molar-refractivity contribution in [3.8, 4) is 17.6 Å². The van der Waals surface area contributed by atoms with E-state index in [1.54, 1.807) is 4.90 Å². The largest absolute Gasteiger partial charge is 0.416 e. The Morgan fingerprint density at radius 3 is 2.49 bits per heavy atom. The van der Waals surface area contributed by atoms with E-state index in [9.17, 15) is 19.1 Å². The molecule has 0 saturated heterocycles. The van der Waals surface area contributed by atoms with Gasteiger partial charge in [-0.15, -0.1) is 0 Å². The molecule has 2 aromatic rings. The number of anilines is 1. The van der Waals surface area contributed by atoms with E-state index in [1.807, 2.05) is 4.90 Å². The first-order chi connectivity index (χ1) is 17.0. The predicted molar refractivity (Wildman–Crippen MR) is 123 cm³/mol. The predicted octanol–water partition coefficient (Wildman–Crippen LogP) is 2.67. The molecule has 2 N–H and O–H groups in total. The van der Waals surface area contributed by atoms with E-state index >= 15 is 0 Å². The number of imidazole rings is 1. The average Bonchev–Trinajstić information content (AvgIpc) is 3.68. The van der Waals surface area contributed by atoms with Crippen molar-refractivity contribution < 1.29 is 23.8 Å². The zero-order chi connectivity index (χ0) is 24.1. The van der Waals surface area contributed by atoms with Crippen molar-refractivity contribution in [2.75, 3.05) is 18.0 Å². The fraction of sp³-hybridized carbons (Fsp3) is 0.480. The molecule has 1 aromatic carbocycles. The van der Waals surface area contributed by atoms with Crippen molar-refractivity contribution in [1.82, 2.24) is 19.8 Å². The summed E-state index contributed by atoms with van der Waals surface area (Å²) in [7, 11) is 0. The van der Waals surface area contributed by atoms with Crippen LogP contribution in [0.1, 0.15) is 54.8 Å². The second-order valence-electron chi connectivity index (χ2n) is 9.66. The summed E-state index contributed by atoms with van der Waals surface area (Å²) in [5.74, 6) is 6.68. The van der Waals surface area contributed by atoms with Gasteiger partial charge in [0.15, 0.2) is 11.6 Å². The van der Waals surface area contributed by atoms with Crippen LogP contribution in [-0.2, 0) is 0 Å². The van der Waals surface area contributed by atoms with Crippen LogP contribution in [0.15, 0.2) is 24.3 Å². The molecule has 1 unspecified atom stereocenters. The maximum atomic E-state index is 13.1. The van der Waals surface area contributed by atoms with Crippen LogP contribution in [0.3, 0.4) is 0 Å². The quantitative estimate of drug-likeness (QED) is 0.618. The Balaban J connectivity index is 1.19. The van der Waals surface area contributed by atoms with E-state index in [2.05, 4.69) is 21.8 Å². The molecule has 1 aromatic heterocycles. The topological polar surface area (TPSA) is 102 Å². The van der Waals surface area contributed by atoms with E-state index < -0.39 is 18.3 Å². The highest BCUT2D eigenvalue weighted by Gasteiger charge is 2.49. The van der Waals surface area contributed by atoms with Gasteiger partial charge in [-0.05, 0) is 74.6 Å². The highest BCUT2D eigenvalue weighted by molar-refractivity contribution is 6.00. The molecule has 0 bridgehead atoms. The first-order valence-electron chi connectivity index (χ1n) is 12.1. The first-order valence-corrected chi connectivity index (χ1v) is 12.1. The number of nitrogens with zero attached hydrogens (tertiary/aromatic N) is 4. The number of nitrogens with one attached hydrogen (secondary N) is 1. The third-order valence-electron chi connectivity index (χ3n) is 6.69. The number of aliphatic hydroxyl groups is 1. The van der Waals surface area contributed by atoms with Gasteiger partial charge in [-0.2, -0.15) is 0 Å². The van der Waals surface area contributed by atoms with Crippen LogP contribution in [0.5, 0.6) is 5.75 Å². The van der Waals surface area contributed by atoms with E-state index in [-0.39, 0.29) is 30.3 Å². The van der Waals surface area contributed by atoms with Crippen LogP contribution < -0.4 is 9.64 Å². The molecule has 3 saturated carbocycles. The average molecular weight is 480 g/mol. The number of carbonyl (C=O) groups excluding carboxylic acids is 2. The van der Waals surface area contributed by atoms with Gasteiger partial charge >= 0.3 is 6.09 Å². The maximum absolute atomic E-state index is 13.1. The zero-order valence-electron chi connectivity index (χ0n) is 19.1. The molecule has 35 heavy (non-hydrogen) atoms. The van der Waals surface area contributed by atoms with Gasteiger partial charge in [0.25, 0.3) is 5.91 Å². The van der Waals surface area contributed by atoms with Crippen LogP contribution in [0, 0.1) is 23.6 Å². The third-order valence-corrected chi connectivity index (χ3v) is 6.69. The highest BCUT2D eigenvalue weighted by Crippen LogP contribution is 2.41. The van der Waals surface area contributed by atoms with Crippen LogP contribution in [0.4, 0.5) is 15.0 Å². The third kappa shape index (κ3) is 4.56. The molecular weight excluding hydrogens is 453 g/mol. The summed E-state index contributed by atoms with van der Waals surface area (Å²) >= 11 is 0. The second kappa shape index (κ2) is 8.57. The van der Waals surface area contributed by atoms with Gasteiger partial charge in [0.2, 0.25) is 6.35 Å². The highest BCUT2D eigenvalue weighted by atomic mass is 19.1. The Hall–Kier alpha value is -3.58. The minimum atomic E-state index is -1.01. The number of benzene rings is 1. The van der Waals surface area contributed by atoms with Crippen LogP contribution in [0.25, 0.3) is 0 Å². The van der Waals surface area contributed by atoms with Crippen molar-refractivity contribution in [1.29, 1.82) is 0 Å². The van der Waals surface area contributed by atoms with Crippen molar-refractivity contribution in [3.05, 3.63) is 41.6 Å². The van der Waals surface area contributed by atoms with Gasteiger partial charge in [-0.3, -0.25) is 14.6 Å². The molecule has 2 amide bonds. The van der Waals surface area contributed by atoms with Gasteiger partial charge in [-0.1, -0.05) is 5.92 Å². The SMILES string of the molecule is O=C(Oc1ccc(F)cc1)N(CC#Cc1nc2c([nH]1)C(=O)N(C1CC1)C(O)N2C1CC1)CC1CC1. The number of aliphatic hydroxyl groups excluding tert-OH is 1. The zero-order valence-corrected chi connectivity index (χ0v) is 19.1. The summed E-state index contributed by atoms with van der Waals surface area (Å²) < 4.78 is 18.5.